The van der Waals surface area contributed by atoms with Gasteiger partial charge in [0.25, 0.3) is 5.91 Å². The maximum Gasteiger partial charge on any atom is 0.253 e. The quantitative estimate of drug-likeness (QED) is 0.631. The molecule has 1 aliphatic heterocycles. The molecule has 0 aliphatic carbocycles. The van der Waals surface area contributed by atoms with E-state index in [0.29, 0.717) is 11.5 Å². The molecule has 30 heavy (non-hydrogen) atoms. The zero-order valence-corrected chi connectivity index (χ0v) is 18.5. The second kappa shape index (κ2) is 10.7. The second-order valence-corrected chi connectivity index (χ2v) is 7.74. The van der Waals surface area contributed by atoms with Crippen molar-refractivity contribution in [2.75, 3.05) is 45.9 Å². The number of nitrogens with zero attached hydrogens (tertiary/aromatic N) is 2. The first kappa shape index (κ1) is 22.4. The van der Waals surface area contributed by atoms with Gasteiger partial charge in [-0.05, 0) is 36.6 Å². The van der Waals surface area contributed by atoms with Crippen LogP contribution in [0.15, 0.2) is 42.5 Å². The van der Waals surface area contributed by atoms with Crippen molar-refractivity contribution in [3.8, 4) is 11.5 Å². The van der Waals surface area contributed by atoms with Gasteiger partial charge >= 0.3 is 0 Å². The summed E-state index contributed by atoms with van der Waals surface area (Å²) < 4.78 is 15.9. The first-order valence-corrected chi connectivity index (χ1v) is 10.4. The Labute approximate surface area is 183 Å². The van der Waals surface area contributed by atoms with Crippen LogP contribution in [0.1, 0.15) is 18.4 Å². The summed E-state index contributed by atoms with van der Waals surface area (Å²) in [5, 5.41) is 0.793. The summed E-state index contributed by atoms with van der Waals surface area (Å²) in [4.78, 5) is 17.1. The van der Waals surface area contributed by atoms with E-state index in [4.69, 9.17) is 25.8 Å². The molecule has 3 rings (SSSR count). The Morgan fingerprint density at radius 2 is 1.77 bits per heavy atom. The van der Waals surface area contributed by atoms with Gasteiger partial charge in [0.15, 0.2) is 11.5 Å². The molecular weight excluding hydrogens is 404 g/mol. The number of hydrogen-bond acceptors (Lipinski definition) is 5. The lowest BCUT2D eigenvalue weighted by Crippen LogP contribution is -2.48. The van der Waals surface area contributed by atoms with Gasteiger partial charge in [0.05, 0.1) is 14.2 Å². The fourth-order valence-electron chi connectivity index (χ4n) is 3.93. The summed E-state index contributed by atoms with van der Waals surface area (Å²) in [6.07, 6.45) is 1.74. The van der Waals surface area contributed by atoms with Crippen LogP contribution < -0.4 is 14.4 Å². The number of rotatable bonds is 8. The smallest absolute Gasteiger partial charge is 0.253 e. The van der Waals surface area contributed by atoms with Gasteiger partial charge in [-0.3, -0.25) is 9.69 Å². The molecule has 0 spiro atoms. The fourth-order valence-corrected chi connectivity index (χ4v) is 4.12. The molecular formula is C23H29ClN2O4. The number of piperidine rings is 1. The molecule has 2 aromatic rings. The highest BCUT2D eigenvalue weighted by Gasteiger charge is 2.30. The number of carbonyl (C=O) groups is 1. The number of likely N-dealkylation sites (tertiary alicyclic amines) is 1. The maximum absolute atomic E-state index is 12.9. The zero-order valence-electron chi connectivity index (χ0n) is 17.8. The summed E-state index contributed by atoms with van der Waals surface area (Å²) >= 11 is 6.32. The number of amides is 1. The van der Waals surface area contributed by atoms with Crippen molar-refractivity contribution in [1.29, 1.82) is 0 Å². The molecule has 162 valence electrons. The van der Waals surface area contributed by atoms with E-state index in [9.17, 15) is 4.79 Å². The van der Waals surface area contributed by atoms with Crippen molar-refractivity contribution in [1.82, 2.24) is 4.90 Å². The first-order valence-electron chi connectivity index (χ1n) is 10.1. The van der Waals surface area contributed by atoms with Gasteiger partial charge in [-0.1, -0.05) is 29.8 Å². The predicted octanol–water partition coefficient (Wildman–Crippen LogP) is 4.00. The Bertz CT molecular complexity index is 853. The lowest BCUT2D eigenvalue weighted by Gasteiger charge is -2.38. The topological polar surface area (TPSA) is 51.2 Å². The molecule has 1 aliphatic rings. The summed E-state index contributed by atoms with van der Waals surface area (Å²) in [7, 11) is 4.73. The van der Waals surface area contributed by atoms with Crippen LogP contribution in [0.25, 0.3) is 0 Å². The summed E-state index contributed by atoms with van der Waals surface area (Å²) in [5.41, 5.74) is 1.92. The monoisotopic (exact) mass is 432 g/mol. The van der Waals surface area contributed by atoms with Crippen molar-refractivity contribution in [3.05, 3.63) is 53.1 Å². The number of halogens is 1. The molecule has 1 heterocycles. The number of carbonyl (C=O) groups excluding carboxylic acids is 1. The Balaban J connectivity index is 1.74. The van der Waals surface area contributed by atoms with Crippen LogP contribution in [0.4, 0.5) is 5.69 Å². The number of anilines is 1. The van der Waals surface area contributed by atoms with E-state index < -0.39 is 0 Å². The molecule has 0 atom stereocenters. The van der Waals surface area contributed by atoms with Gasteiger partial charge in [-0.25, -0.2) is 0 Å². The van der Waals surface area contributed by atoms with Gasteiger partial charge in [-0.2, -0.15) is 0 Å². The second-order valence-electron chi connectivity index (χ2n) is 7.33. The molecule has 0 bridgehead atoms. The van der Waals surface area contributed by atoms with Gasteiger partial charge in [-0.15, -0.1) is 0 Å². The van der Waals surface area contributed by atoms with Crippen LogP contribution >= 0.6 is 11.6 Å². The largest absolute Gasteiger partial charge is 0.493 e. The van der Waals surface area contributed by atoms with Crippen LogP contribution in [0.2, 0.25) is 5.02 Å². The third-order valence-electron chi connectivity index (χ3n) is 5.46. The van der Waals surface area contributed by atoms with E-state index in [-0.39, 0.29) is 18.6 Å². The molecule has 1 fully saturated rings. The predicted molar refractivity (Wildman–Crippen MR) is 119 cm³/mol. The SMILES string of the molecule is COCC(=O)N(c1ccc(OC)c(OC)c1)C1CCN(Cc2ccccc2Cl)CC1. The van der Waals surface area contributed by atoms with Crippen LogP contribution in [-0.2, 0) is 16.1 Å². The normalized spacial score (nSPS) is 15.1. The lowest BCUT2D eigenvalue weighted by molar-refractivity contribution is -0.122. The molecule has 6 nitrogen and oxygen atoms in total. The van der Waals surface area contributed by atoms with Crippen LogP contribution in [0.3, 0.4) is 0 Å². The number of methoxy groups -OCH3 is 3. The average Bonchev–Trinajstić information content (AvgIpc) is 2.76. The molecule has 1 amide bonds. The van der Waals surface area contributed by atoms with E-state index in [1.807, 2.05) is 41.3 Å². The van der Waals surface area contributed by atoms with Crippen molar-refractivity contribution in [3.63, 3.8) is 0 Å². The molecule has 1 saturated heterocycles. The Hall–Kier alpha value is -2.28. The summed E-state index contributed by atoms with van der Waals surface area (Å²) in [6.45, 7) is 2.63. The highest BCUT2D eigenvalue weighted by atomic mass is 35.5. The van der Waals surface area contributed by atoms with Crippen molar-refractivity contribution >= 4 is 23.2 Å². The highest BCUT2D eigenvalue weighted by molar-refractivity contribution is 6.31. The standard InChI is InChI=1S/C23H29ClN2O4/c1-28-16-23(27)26(19-8-9-21(29-2)22(14-19)30-3)18-10-12-25(13-11-18)15-17-6-4-5-7-20(17)24/h4-9,14,18H,10-13,15-16H2,1-3H3. The van der Waals surface area contributed by atoms with Crippen LogP contribution in [0.5, 0.6) is 11.5 Å². The van der Waals surface area contributed by atoms with Crippen molar-refractivity contribution in [2.45, 2.75) is 25.4 Å². The fraction of sp³-hybridized carbons (Fsp3) is 0.435. The molecule has 0 saturated carbocycles. The number of benzene rings is 2. The first-order chi connectivity index (χ1) is 14.6. The van der Waals surface area contributed by atoms with Gasteiger partial charge < -0.3 is 19.1 Å². The molecule has 2 aromatic carbocycles. The van der Waals surface area contributed by atoms with Crippen LogP contribution in [0, 0.1) is 0 Å². The molecule has 0 unspecified atom stereocenters. The Morgan fingerprint density at radius 1 is 1.07 bits per heavy atom. The Morgan fingerprint density at radius 3 is 2.40 bits per heavy atom. The van der Waals surface area contributed by atoms with Gasteiger partial charge in [0, 0.05) is 49.6 Å². The van der Waals surface area contributed by atoms with E-state index in [2.05, 4.69) is 11.0 Å². The van der Waals surface area contributed by atoms with Crippen molar-refractivity contribution < 1.29 is 19.0 Å². The Kier molecular flexibility index (Phi) is 7.96. The zero-order chi connectivity index (χ0) is 21.5. The average molecular weight is 433 g/mol. The number of hydrogen-bond donors (Lipinski definition) is 0. The summed E-state index contributed by atoms with van der Waals surface area (Å²) in [6, 6.07) is 13.6. The lowest BCUT2D eigenvalue weighted by atomic mass is 10.0. The molecule has 0 aromatic heterocycles. The molecule has 0 N–H and O–H groups in total. The van der Waals surface area contributed by atoms with Gasteiger partial charge in [0.2, 0.25) is 0 Å². The molecule has 0 radical (unpaired) electrons. The molecule has 7 heteroatoms. The third-order valence-corrected chi connectivity index (χ3v) is 5.82. The number of ether oxygens (including phenoxy) is 3. The highest BCUT2D eigenvalue weighted by Crippen LogP contribution is 2.34. The van der Waals surface area contributed by atoms with Crippen LogP contribution in [-0.4, -0.2) is 57.9 Å². The van der Waals surface area contributed by atoms with E-state index in [0.717, 1.165) is 48.7 Å². The van der Waals surface area contributed by atoms with E-state index in [1.54, 1.807) is 14.2 Å². The third kappa shape index (κ3) is 5.25. The minimum absolute atomic E-state index is 0.0359. The minimum Gasteiger partial charge on any atom is -0.493 e. The van der Waals surface area contributed by atoms with Gasteiger partial charge in [0.1, 0.15) is 6.61 Å². The minimum atomic E-state index is -0.0609. The van der Waals surface area contributed by atoms with E-state index in [1.165, 1.54) is 7.11 Å². The van der Waals surface area contributed by atoms with Crippen molar-refractivity contribution in [2.24, 2.45) is 0 Å². The maximum atomic E-state index is 12.9. The summed E-state index contributed by atoms with van der Waals surface area (Å²) in [5.74, 6) is 1.17. The van der Waals surface area contributed by atoms with E-state index >= 15 is 0 Å².